The zero-order chi connectivity index (χ0) is 22.0. The standard InChI is InChI=1S/C15H17N3O3S.3C2H6/c1-2-15(19)17-16-12-8-10-13(11-9-12)18-22(20,21)14-6-4-3-5-7-14;3*1-2/h3-11,16,18H,2H2,1H3,(H,17,19);3*1-2H3. The van der Waals surface area contributed by atoms with Crippen molar-refractivity contribution in [3.63, 3.8) is 0 Å². The average molecular weight is 410 g/mol. The molecule has 2 aromatic carbocycles. The maximum atomic E-state index is 12.2. The van der Waals surface area contributed by atoms with Crippen LogP contribution in [0.25, 0.3) is 0 Å². The van der Waals surface area contributed by atoms with Gasteiger partial charge in [0.05, 0.1) is 10.6 Å². The number of anilines is 2. The van der Waals surface area contributed by atoms with E-state index in [4.69, 9.17) is 0 Å². The molecule has 0 fully saturated rings. The molecule has 0 aliphatic heterocycles. The van der Waals surface area contributed by atoms with E-state index in [9.17, 15) is 13.2 Å². The van der Waals surface area contributed by atoms with E-state index in [-0.39, 0.29) is 10.8 Å². The van der Waals surface area contributed by atoms with E-state index in [2.05, 4.69) is 15.6 Å². The third-order valence-electron chi connectivity index (χ3n) is 2.86. The molecule has 1 amide bonds. The highest BCUT2D eigenvalue weighted by Gasteiger charge is 2.13. The summed E-state index contributed by atoms with van der Waals surface area (Å²) in [6.07, 6.45) is 0.377. The summed E-state index contributed by atoms with van der Waals surface area (Å²) in [6.45, 7) is 13.7. The van der Waals surface area contributed by atoms with Gasteiger partial charge < -0.3 is 0 Å². The van der Waals surface area contributed by atoms with E-state index < -0.39 is 10.0 Å². The van der Waals surface area contributed by atoms with Crippen molar-refractivity contribution in [1.82, 2.24) is 5.43 Å². The van der Waals surface area contributed by atoms with E-state index >= 15 is 0 Å². The van der Waals surface area contributed by atoms with E-state index in [0.29, 0.717) is 17.8 Å². The molecule has 3 N–H and O–H groups in total. The minimum absolute atomic E-state index is 0.131. The summed E-state index contributed by atoms with van der Waals surface area (Å²) >= 11 is 0. The molecule has 0 spiro atoms. The molecule has 2 rings (SSSR count). The van der Waals surface area contributed by atoms with Crippen molar-refractivity contribution in [2.75, 3.05) is 10.1 Å². The monoisotopic (exact) mass is 409 g/mol. The van der Waals surface area contributed by atoms with E-state index in [1.807, 2.05) is 41.5 Å². The van der Waals surface area contributed by atoms with E-state index in [1.54, 1.807) is 49.4 Å². The van der Waals surface area contributed by atoms with Crippen LogP contribution >= 0.6 is 0 Å². The zero-order valence-corrected chi connectivity index (χ0v) is 18.9. The summed E-state index contributed by atoms with van der Waals surface area (Å²) in [5.74, 6) is -0.131. The molecule has 2 aromatic rings. The first kappa shape index (κ1) is 27.7. The molecule has 0 aromatic heterocycles. The first-order valence-electron chi connectivity index (χ1n) is 9.74. The molecule has 0 radical (unpaired) electrons. The maximum absolute atomic E-state index is 12.2. The minimum Gasteiger partial charge on any atom is -0.299 e. The van der Waals surface area contributed by atoms with Crippen LogP contribution in [-0.2, 0) is 14.8 Å². The molecule has 0 heterocycles. The Bertz CT molecular complexity index is 731. The van der Waals surface area contributed by atoms with Gasteiger partial charge in [-0.15, -0.1) is 0 Å². The zero-order valence-electron chi connectivity index (χ0n) is 18.0. The summed E-state index contributed by atoms with van der Waals surface area (Å²) < 4.78 is 26.8. The predicted molar refractivity (Wildman–Crippen MR) is 120 cm³/mol. The SMILES string of the molecule is CC.CC.CC.CCC(=O)NNc1ccc(NS(=O)(=O)c2ccccc2)cc1. The average Bonchev–Trinajstić information content (AvgIpc) is 2.77. The summed E-state index contributed by atoms with van der Waals surface area (Å²) in [6, 6.07) is 14.7. The Labute approximate surface area is 170 Å². The van der Waals surface area contributed by atoms with Crippen LogP contribution in [0.1, 0.15) is 54.9 Å². The number of carbonyl (C=O) groups is 1. The molecular formula is C21H35N3O3S. The van der Waals surface area contributed by atoms with E-state index in [1.165, 1.54) is 12.1 Å². The second-order valence-electron chi connectivity index (χ2n) is 4.52. The van der Waals surface area contributed by atoms with Gasteiger partial charge in [0, 0.05) is 12.1 Å². The fraction of sp³-hybridized carbons (Fsp3) is 0.381. The molecule has 28 heavy (non-hydrogen) atoms. The largest absolute Gasteiger partial charge is 0.299 e. The minimum atomic E-state index is -3.60. The molecule has 0 atom stereocenters. The smallest absolute Gasteiger partial charge is 0.261 e. The molecule has 0 unspecified atom stereocenters. The van der Waals surface area contributed by atoms with Crippen molar-refractivity contribution < 1.29 is 13.2 Å². The third kappa shape index (κ3) is 10.6. The van der Waals surface area contributed by atoms with Crippen LogP contribution in [-0.4, -0.2) is 14.3 Å². The summed E-state index contributed by atoms with van der Waals surface area (Å²) in [5, 5.41) is 0. The van der Waals surface area contributed by atoms with Gasteiger partial charge in [0.1, 0.15) is 0 Å². The second-order valence-corrected chi connectivity index (χ2v) is 6.21. The highest BCUT2D eigenvalue weighted by atomic mass is 32.2. The second kappa shape index (κ2) is 16.6. The molecule has 0 aliphatic rings. The van der Waals surface area contributed by atoms with Crippen molar-refractivity contribution in [3.05, 3.63) is 54.6 Å². The summed E-state index contributed by atoms with van der Waals surface area (Å²) in [7, 11) is -3.60. The van der Waals surface area contributed by atoms with Gasteiger partial charge in [-0.1, -0.05) is 66.7 Å². The number of nitrogens with one attached hydrogen (secondary N) is 3. The van der Waals surface area contributed by atoms with Crippen LogP contribution in [0, 0.1) is 0 Å². The van der Waals surface area contributed by atoms with Crippen LogP contribution in [0.4, 0.5) is 11.4 Å². The number of sulfonamides is 1. The van der Waals surface area contributed by atoms with Crippen LogP contribution in [0.3, 0.4) is 0 Å². The van der Waals surface area contributed by atoms with Gasteiger partial charge in [-0.3, -0.25) is 20.4 Å². The van der Waals surface area contributed by atoms with Crippen molar-refractivity contribution in [3.8, 4) is 0 Å². The Morgan fingerprint density at radius 2 is 1.25 bits per heavy atom. The molecule has 0 saturated heterocycles. The van der Waals surface area contributed by atoms with Crippen molar-refractivity contribution in [2.45, 2.75) is 59.8 Å². The number of hydrazine groups is 1. The number of hydrogen-bond acceptors (Lipinski definition) is 4. The summed E-state index contributed by atoms with van der Waals surface area (Å²) in [5.41, 5.74) is 6.35. The Hall–Kier alpha value is -2.54. The Morgan fingerprint density at radius 3 is 1.71 bits per heavy atom. The predicted octanol–water partition coefficient (Wildman–Crippen LogP) is 5.42. The molecular weight excluding hydrogens is 374 g/mol. The fourth-order valence-electron chi connectivity index (χ4n) is 1.67. The van der Waals surface area contributed by atoms with Crippen LogP contribution in [0.5, 0.6) is 0 Å². The van der Waals surface area contributed by atoms with Crippen molar-refractivity contribution >= 4 is 27.3 Å². The maximum Gasteiger partial charge on any atom is 0.261 e. The molecule has 6 nitrogen and oxygen atoms in total. The lowest BCUT2D eigenvalue weighted by Gasteiger charge is -2.10. The first-order chi connectivity index (χ1) is 13.5. The Morgan fingerprint density at radius 1 is 0.786 bits per heavy atom. The topological polar surface area (TPSA) is 87.3 Å². The summed E-state index contributed by atoms with van der Waals surface area (Å²) in [4.78, 5) is 11.3. The van der Waals surface area contributed by atoms with Gasteiger partial charge in [-0.2, -0.15) is 0 Å². The lowest BCUT2D eigenvalue weighted by molar-refractivity contribution is -0.120. The van der Waals surface area contributed by atoms with Crippen LogP contribution < -0.4 is 15.6 Å². The van der Waals surface area contributed by atoms with Crippen molar-refractivity contribution in [1.29, 1.82) is 0 Å². The van der Waals surface area contributed by atoms with Gasteiger partial charge in [0.2, 0.25) is 5.91 Å². The van der Waals surface area contributed by atoms with E-state index in [0.717, 1.165) is 0 Å². The highest BCUT2D eigenvalue weighted by Crippen LogP contribution is 2.17. The number of benzene rings is 2. The lowest BCUT2D eigenvalue weighted by atomic mass is 10.3. The van der Waals surface area contributed by atoms with Crippen molar-refractivity contribution in [2.24, 2.45) is 0 Å². The third-order valence-corrected chi connectivity index (χ3v) is 4.26. The van der Waals surface area contributed by atoms with Gasteiger partial charge in [0.15, 0.2) is 0 Å². The molecule has 7 heteroatoms. The fourth-order valence-corrected chi connectivity index (χ4v) is 2.75. The molecule has 0 aliphatic carbocycles. The van der Waals surface area contributed by atoms with Crippen LogP contribution in [0.15, 0.2) is 59.5 Å². The normalized spacial score (nSPS) is 9.11. The molecule has 0 bridgehead atoms. The number of hydrogen-bond donors (Lipinski definition) is 3. The highest BCUT2D eigenvalue weighted by molar-refractivity contribution is 7.92. The first-order valence-corrected chi connectivity index (χ1v) is 11.2. The van der Waals surface area contributed by atoms with Gasteiger partial charge in [-0.25, -0.2) is 8.42 Å². The Balaban J connectivity index is 0. The van der Waals surface area contributed by atoms with Gasteiger partial charge >= 0.3 is 0 Å². The van der Waals surface area contributed by atoms with Gasteiger partial charge in [0.25, 0.3) is 10.0 Å². The molecule has 0 saturated carbocycles. The molecule has 158 valence electrons. The van der Waals surface area contributed by atoms with Gasteiger partial charge in [-0.05, 0) is 36.4 Å². The quantitative estimate of drug-likeness (QED) is 0.556. The Kier molecular flexibility index (Phi) is 16.4. The van der Waals surface area contributed by atoms with Crippen LogP contribution in [0.2, 0.25) is 0 Å². The number of carbonyl (C=O) groups excluding carboxylic acids is 1. The lowest BCUT2D eigenvalue weighted by Crippen LogP contribution is -2.28. The number of rotatable bonds is 6. The number of amides is 1.